The van der Waals surface area contributed by atoms with Crippen molar-refractivity contribution < 1.29 is 4.74 Å². The van der Waals surface area contributed by atoms with Crippen molar-refractivity contribution in [3.05, 3.63) is 10.6 Å². The van der Waals surface area contributed by atoms with Gasteiger partial charge in [-0.25, -0.2) is 4.98 Å². The normalized spacial score (nSPS) is 17.2. The highest BCUT2D eigenvalue weighted by Crippen LogP contribution is 2.29. The van der Waals surface area contributed by atoms with Crippen LogP contribution in [0, 0.1) is 0 Å². The highest BCUT2D eigenvalue weighted by atomic mass is 32.1. The maximum Gasteiger partial charge on any atom is 0.183 e. The Morgan fingerprint density at radius 3 is 3.00 bits per heavy atom. The Balaban J connectivity index is 2.00. The van der Waals surface area contributed by atoms with E-state index in [0.717, 1.165) is 18.2 Å². The Hall–Kier alpha value is -0.610. The maximum absolute atomic E-state index is 5.09. The van der Waals surface area contributed by atoms with Crippen molar-refractivity contribution >= 4 is 16.5 Å². The zero-order valence-electron chi connectivity index (χ0n) is 9.38. The number of rotatable bonds is 4. The van der Waals surface area contributed by atoms with Crippen molar-refractivity contribution in [2.45, 2.75) is 38.6 Å². The van der Waals surface area contributed by atoms with E-state index >= 15 is 0 Å². The number of anilines is 1. The predicted octanol–water partition coefficient (Wildman–Crippen LogP) is 2.47. The number of ether oxygens (including phenoxy) is 1. The highest BCUT2D eigenvalue weighted by molar-refractivity contribution is 7.15. The van der Waals surface area contributed by atoms with E-state index in [-0.39, 0.29) is 0 Å². The van der Waals surface area contributed by atoms with E-state index in [9.17, 15) is 0 Å². The molecule has 1 aliphatic rings. The summed E-state index contributed by atoms with van der Waals surface area (Å²) in [6.45, 7) is 2.84. The average molecular weight is 226 g/mol. The molecule has 0 spiro atoms. The second kappa shape index (κ2) is 4.94. The Morgan fingerprint density at radius 2 is 2.27 bits per heavy atom. The first kappa shape index (κ1) is 10.9. The maximum atomic E-state index is 5.09. The van der Waals surface area contributed by atoms with Crippen molar-refractivity contribution in [1.82, 2.24) is 4.98 Å². The van der Waals surface area contributed by atoms with Gasteiger partial charge in [0.1, 0.15) is 0 Å². The number of thiazole rings is 1. The molecule has 1 heterocycles. The molecule has 1 aromatic heterocycles. The van der Waals surface area contributed by atoms with Gasteiger partial charge in [-0.2, -0.15) is 0 Å². The van der Waals surface area contributed by atoms with Crippen LogP contribution in [0.4, 0.5) is 5.13 Å². The fraction of sp³-hybridized carbons (Fsp3) is 0.727. The lowest BCUT2D eigenvalue weighted by molar-refractivity contribution is 0.190. The molecule has 0 saturated carbocycles. The first-order chi connectivity index (χ1) is 7.29. The second-order valence-corrected chi connectivity index (χ2v) is 5.18. The average Bonchev–Trinajstić information content (AvgIpc) is 2.59. The number of hydrogen-bond acceptors (Lipinski definition) is 4. The SMILES string of the molecule is COC[C@H](C)Nc1nc2c(s1)CCCC2. The van der Waals surface area contributed by atoms with Crippen molar-refractivity contribution in [2.75, 3.05) is 19.0 Å². The van der Waals surface area contributed by atoms with E-state index in [1.807, 2.05) is 11.3 Å². The summed E-state index contributed by atoms with van der Waals surface area (Å²) in [6.07, 6.45) is 4.99. The van der Waals surface area contributed by atoms with Crippen LogP contribution in [0.3, 0.4) is 0 Å². The minimum absolute atomic E-state index is 0.336. The Morgan fingerprint density at radius 1 is 1.47 bits per heavy atom. The second-order valence-electron chi connectivity index (χ2n) is 4.10. The van der Waals surface area contributed by atoms with Crippen molar-refractivity contribution in [3.8, 4) is 0 Å². The topological polar surface area (TPSA) is 34.1 Å². The summed E-state index contributed by atoms with van der Waals surface area (Å²) in [4.78, 5) is 6.10. The van der Waals surface area contributed by atoms with Crippen LogP contribution in [0.15, 0.2) is 0 Å². The van der Waals surface area contributed by atoms with E-state index in [4.69, 9.17) is 4.74 Å². The summed E-state index contributed by atoms with van der Waals surface area (Å²) in [6, 6.07) is 0.336. The molecule has 84 valence electrons. The van der Waals surface area contributed by atoms with Gasteiger partial charge in [0.15, 0.2) is 5.13 Å². The van der Waals surface area contributed by atoms with Gasteiger partial charge in [-0.15, -0.1) is 11.3 Å². The summed E-state index contributed by atoms with van der Waals surface area (Å²) in [5, 5.41) is 4.44. The van der Waals surface area contributed by atoms with E-state index in [0.29, 0.717) is 6.04 Å². The van der Waals surface area contributed by atoms with Crippen LogP contribution in [-0.4, -0.2) is 24.7 Å². The molecule has 1 atom stereocenters. The fourth-order valence-corrected chi connectivity index (χ4v) is 3.08. The van der Waals surface area contributed by atoms with E-state index in [1.165, 1.54) is 29.8 Å². The van der Waals surface area contributed by atoms with Gasteiger partial charge in [-0.3, -0.25) is 0 Å². The van der Waals surface area contributed by atoms with Gasteiger partial charge in [0.2, 0.25) is 0 Å². The molecule has 2 rings (SSSR count). The van der Waals surface area contributed by atoms with Crippen molar-refractivity contribution in [2.24, 2.45) is 0 Å². The third-order valence-corrected chi connectivity index (χ3v) is 3.72. The van der Waals surface area contributed by atoms with Crippen molar-refractivity contribution in [3.63, 3.8) is 0 Å². The van der Waals surface area contributed by atoms with E-state index < -0.39 is 0 Å². The third-order valence-electron chi connectivity index (χ3n) is 2.63. The van der Waals surface area contributed by atoms with Gasteiger partial charge >= 0.3 is 0 Å². The van der Waals surface area contributed by atoms with Crippen LogP contribution in [0.5, 0.6) is 0 Å². The molecule has 0 bridgehead atoms. The number of aryl methyl sites for hydroxylation is 2. The number of methoxy groups -OCH3 is 1. The molecule has 1 N–H and O–H groups in total. The molecule has 0 saturated heterocycles. The lowest BCUT2D eigenvalue weighted by atomic mass is 10.0. The molecule has 0 amide bonds. The number of nitrogens with zero attached hydrogens (tertiary/aromatic N) is 1. The Bertz CT molecular complexity index is 301. The number of fused-ring (bicyclic) bond motifs is 1. The lowest BCUT2D eigenvalue weighted by Gasteiger charge is -2.10. The summed E-state index contributed by atoms with van der Waals surface area (Å²) >= 11 is 1.81. The van der Waals surface area contributed by atoms with Gasteiger partial charge in [-0.05, 0) is 32.6 Å². The molecule has 0 unspecified atom stereocenters. The molecule has 1 aromatic rings. The largest absolute Gasteiger partial charge is 0.383 e. The summed E-state index contributed by atoms with van der Waals surface area (Å²) in [7, 11) is 1.73. The van der Waals surface area contributed by atoms with Gasteiger partial charge in [-0.1, -0.05) is 0 Å². The van der Waals surface area contributed by atoms with Crippen LogP contribution in [0.1, 0.15) is 30.3 Å². The minimum Gasteiger partial charge on any atom is -0.383 e. The molecule has 15 heavy (non-hydrogen) atoms. The molecule has 4 heteroatoms. The minimum atomic E-state index is 0.336. The van der Waals surface area contributed by atoms with Crippen LogP contribution < -0.4 is 5.32 Å². The summed E-state index contributed by atoms with van der Waals surface area (Å²) < 4.78 is 5.09. The van der Waals surface area contributed by atoms with Crippen LogP contribution in [-0.2, 0) is 17.6 Å². The fourth-order valence-electron chi connectivity index (χ4n) is 1.92. The van der Waals surface area contributed by atoms with Gasteiger partial charge in [0, 0.05) is 18.0 Å². The number of aromatic nitrogens is 1. The summed E-state index contributed by atoms with van der Waals surface area (Å²) in [5.74, 6) is 0. The van der Waals surface area contributed by atoms with Crippen LogP contribution >= 0.6 is 11.3 Å². The zero-order valence-corrected chi connectivity index (χ0v) is 10.2. The summed E-state index contributed by atoms with van der Waals surface area (Å²) in [5.41, 5.74) is 1.32. The third kappa shape index (κ3) is 2.69. The highest BCUT2D eigenvalue weighted by Gasteiger charge is 2.15. The molecular weight excluding hydrogens is 208 g/mol. The Labute approximate surface area is 94.9 Å². The number of nitrogens with one attached hydrogen (secondary N) is 1. The zero-order chi connectivity index (χ0) is 10.7. The molecular formula is C11H18N2OS. The molecule has 3 nitrogen and oxygen atoms in total. The lowest BCUT2D eigenvalue weighted by Crippen LogP contribution is -2.20. The first-order valence-electron chi connectivity index (χ1n) is 5.53. The van der Waals surface area contributed by atoms with E-state index in [1.54, 1.807) is 7.11 Å². The Kier molecular flexibility index (Phi) is 3.59. The monoisotopic (exact) mass is 226 g/mol. The quantitative estimate of drug-likeness (QED) is 0.856. The standard InChI is InChI=1S/C11H18N2OS/c1-8(7-14-2)12-11-13-9-5-3-4-6-10(9)15-11/h8H,3-7H2,1-2H3,(H,12,13)/t8-/m0/s1. The molecule has 0 fully saturated rings. The molecule has 0 aromatic carbocycles. The first-order valence-corrected chi connectivity index (χ1v) is 6.35. The van der Waals surface area contributed by atoms with E-state index in [2.05, 4.69) is 17.2 Å². The van der Waals surface area contributed by atoms with Crippen LogP contribution in [0.25, 0.3) is 0 Å². The predicted molar refractivity (Wildman–Crippen MR) is 63.7 cm³/mol. The van der Waals surface area contributed by atoms with Gasteiger partial charge < -0.3 is 10.1 Å². The van der Waals surface area contributed by atoms with Gasteiger partial charge in [0.25, 0.3) is 0 Å². The molecule has 1 aliphatic carbocycles. The number of hydrogen-bond donors (Lipinski definition) is 1. The smallest absolute Gasteiger partial charge is 0.183 e. The molecule has 0 aliphatic heterocycles. The molecule has 0 radical (unpaired) electrons. The van der Waals surface area contributed by atoms with Crippen molar-refractivity contribution in [1.29, 1.82) is 0 Å². The van der Waals surface area contributed by atoms with Crippen LogP contribution in [0.2, 0.25) is 0 Å². The van der Waals surface area contributed by atoms with Gasteiger partial charge in [0.05, 0.1) is 12.3 Å².